The van der Waals surface area contributed by atoms with Gasteiger partial charge in [0.15, 0.2) is 0 Å². The van der Waals surface area contributed by atoms with E-state index in [0.717, 1.165) is 0 Å². The van der Waals surface area contributed by atoms with Crippen LogP contribution in [0.25, 0.3) is 0 Å². The average Bonchev–Trinajstić information content (AvgIpc) is 2.02. The Hall–Kier alpha value is -0.940. The molecule has 0 aromatic carbocycles. The molecule has 1 fully saturated rings. The largest absolute Gasteiger partial charge is 0.446 e. The smallest absolute Gasteiger partial charge is 0.404 e. The number of primary amides is 1. The molecule has 82 valence electrons. The van der Waals surface area contributed by atoms with Crippen LogP contribution in [0.4, 0.5) is 18.0 Å². The third-order valence-electron chi connectivity index (χ3n) is 2.42. The molecule has 3 nitrogen and oxygen atoms in total. The minimum absolute atomic E-state index is 0.0153. The number of alkyl halides is 3. The molecule has 0 heterocycles. The van der Waals surface area contributed by atoms with E-state index in [-0.39, 0.29) is 25.7 Å². The van der Waals surface area contributed by atoms with E-state index in [9.17, 15) is 18.0 Å². The topological polar surface area (TPSA) is 52.3 Å². The molecule has 1 aliphatic rings. The van der Waals surface area contributed by atoms with Gasteiger partial charge < -0.3 is 10.5 Å². The average molecular weight is 211 g/mol. The Bertz CT molecular complexity index is 209. The fourth-order valence-corrected chi connectivity index (χ4v) is 1.67. The maximum Gasteiger partial charge on any atom is 0.404 e. The fraction of sp³-hybridized carbons (Fsp3) is 0.875. The van der Waals surface area contributed by atoms with Gasteiger partial charge in [-0.05, 0) is 25.7 Å². The van der Waals surface area contributed by atoms with Crippen LogP contribution in [0.1, 0.15) is 25.7 Å². The molecule has 14 heavy (non-hydrogen) atoms. The number of ether oxygens (including phenoxy) is 1. The Morgan fingerprint density at radius 3 is 2.07 bits per heavy atom. The summed E-state index contributed by atoms with van der Waals surface area (Å²) in [6, 6.07) is 0. The van der Waals surface area contributed by atoms with Crippen molar-refractivity contribution in [2.24, 2.45) is 11.7 Å². The highest BCUT2D eigenvalue weighted by Gasteiger charge is 2.41. The molecule has 1 aliphatic carbocycles. The lowest BCUT2D eigenvalue weighted by molar-refractivity contribution is -0.185. The van der Waals surface area contributed by atoms with Crippen molar-refractivity contribution in [3.8, 4) is 0 Å². The lowest BCUT2D eigenvalue weighted by Gasteiger charge is -2.28. The van der Waals surface area contributed by atoms with E-state index in [0.29, 0.717) is 0 Å². The maximum absolute atomic E-state index is 12.2. The zero-order valence-electron chi connectivity index (χ0n) is 7.51. The fourth-order valence-electron chi connectivity index (χ4n) is 1.67. The Labute approximate surface area is 79.4 Å². The van der Waals surface area contributed by atoms with Crippen LogP contribution in [0.5, 0.6) is 0 Å². The molecule has 0 aromatic heterocycles. The quantitative estimate of drug-likeness (QED) is 0.722. The van der Waals surface area contributed by atoms with Gasteiger partial charge in [-0.15, -0.1) is 0 Å². The zero-order chi connectivity index (χ0) is 10.8. The van der Waals surface area contributed by atoms with Gasteiger partial charge >= 0.3 is 12.3 Å². The molecule has 1 saturated carbocycles. The molecule has 6 heteroatoms. The summed E-state index contributed by atoms with van der Waals surface area (Å²) in [5.74, 6) is -1.25. The zero-order valence-corrected chi connectivity index (χ0v) is 7.51. The number of amides is 1. The number of carbonyl (C=O) groups excluding carboxylic acids is 1. The summed E-state index contributed by atoms with van der Waals surface area (Å²) in [4.78, 5) is 10.3. The lowest BCUT2D eigenvalue weighted by atomic mass is 9.87. The van der Waals surface area contributed by atoms with E-state index < -0.39 is 24.3 Å². The second-order valence-electron chi connectivity index (χ2n) is 3.45. The van der Waals surface area contributed by atoms with Crippen LogP contribution >= 0.6 is 0 Å². The summed E-state index contributed by atoms with van der Waals surface area (Å²) >= 11 is 0. The van der Waals surface area contributed by atoms with Gasteiger partial charge in [0, 0.05) is 0 Å². The number of carbonyl (C=O) groups is 1. The van der Waals surface area contributed by atoms with Crippen molar-refractivity contribution in [1.29, 1.82) is 0 Å². The molecule has 1 rings (SSSR count). The number of halogens is 3. The normalized spacial score (nSPS) is 28.5. The molecule has 0 aromatic rings. The molecule has 0 saturated heterocycles. The Morgan fingerprint density at radius 2 is 1.71 bits per heavy atom. The second kappa shape index (κ2) is 4.06. The van der Waals surface area contributed by atoms with E-state index in [1.165, 1.54) is 0 Å². The predicted molar refractivity (Wildman–Crippen MR) is 42.5 cm³/mol. The first-order valence-corrected chi connectivity index (χ1v) is 4.42. The van der Waals surface area contributed by atoms with Crippen molar-refractivity contribution in [2.75, 3.05) is 0 Å². The number of nitrogens with two attached hydrogens (primary N) is 1. The molecular weight excluding hydrogens is 199 g/mol. The number of hydrogen-bond acceptors (Lipinski definition) is 2. The summed E-state index contributed by atoms with van der Waals surface area (Å²) in [7, 11) is 0. The van der Waals surface area contributed by atoms with Gasteiger partial charge in [0.1, 0.15) is 6.10 Å². The minimum Gasteiger partial charge on any atom is -0.446 e. The summed E-state index contributed by atoms with van der Waals surface area (Å²) in [6.45, 7) is 0. The van der Waals surface area contributed by atoms with E-state index in [2.05, 4.69) is 4.74 Å². The van der Waals surface area contributed by atoms with Gasteiger partial charge in [0.25, 0.3) is 0 Å². The second-order valence-corrected chi connectivity index (χ2v) is 3.45. The Kier molecular flexibility index (Phi) is 3.23. The monoisotopic (exact) mass is 211 g/mol. The number of rotatable bonds is 1. The first-order valence-electron chi connectivity index (χ1n) is 4.42. The van der Waals surface area contributed by atoms with Crippen molar-refractivity contribution in [3.63, 3.8) is 0 Å². The molecular formula is C8H12F3NO2. The molecule has 2 N–H and O–H groups in total. The van der Waals surface area contributed by atoms with Gasteiger partial charge in [-0.3, -0.25) is 0 Å². The minimum atomic E-state index is -4.13. The molecule has 0 bridgehead atoms. The van der Waals surface area contributed by atoms with Crippen molar-refractivity contribution in [3.05, 3.63) is 0 Å². The van der Waals surface area contributed by atoms with Crippen molar-refractivity contribution < 1.29 is 22.7 Å². The van der Waals surface area contributed by atoms with E-state index in [4.69, 9.17) is 5.73 Å². The molecule has 1 amide bonds. The summed E-state index contributed by atoms with van der Waals surface area (Å²) < 4.78 is 41.2. The van der Waals surface area contributed by atoms with Crippen LogP contribution in [-0.4, -0.2) is 18.4 Å². The standard InChI is InChI=1S/C8H12F3NO2/c9-8(10,11)5-1-3-6(4-2-5)14-7(12)13/h5-6H,1-4H2,(H2,12,13). The SMILES string of the molecule is NC(=O)OC1CCC(C(F)(F)F)CC1. The third-order valence-corrected chi connectivity index (χ3v) is 2.42. The van der Waals surface area contributed by atoms with Gasteiger partial charge in [0.2, 0.25) is 0 Å². The van der Waals surface area contributed by atoms with E-state index >= 15 is 0 Å². The van der Waals surface area contributed by atoms with Gasteiger partial charge in [-0.1, -0.05) is 0 Å². The molecule has 0 spiro atoms. The molecule has 0 radical (unpaired) electrons. The highest BCUT2D eigenvalue weighted by molar-refractivity contribution is 5.64. The molecule has 0 atom stereocenters. The summed E-state index contributed by atoms with van der Waals surface area (Å²) in [5, 5.41) is 0. The van der Waals surface area contributed by atoms with Gasteiger partial charge in [0.05, 0.1) is 5.92 Å². The van der Waals surface area contributed by atoms with Crippen LogP contribution in [-0.2, 0) is 4.74 Å². The summed E-state index contributed by atoms with van der Waals surface area (Å²) in [6.07, 6.45) is -4.97. The summed E-state index contributed by atoms with van der Waals surface area (Å²) in [5.41, 5.74) is 4.76. The van der Waals surface area contributed by atoms with Gasteiger partial charge in [-0.2, -0.15) is 13.2 Å². The Balaban J connectivity index is 2.35. The Morgan fingerprint density at radius 1 is 1.21 bits per heavy atom. The van der Waals surface area contributed by atoms with Crippen molar-refractivity contribution in [1.82, 2.24) is 0 Å². The first kappa shape index (κ1) is 11.1. The van der Waals surface area contributed by atoms with Crippen LogP contribution in [0, 0.1) is 5.92 Å². The van der Waals surface area contributed by atoms with Crippen LogP contribution in [0.3, 0.4) is 0 Å². The van der Waals surface area contributed by atoms with Crippen LogP contribution in [0.2, 0.25) is 0 Å². The maximum atomic E-state index is 12.2. The van der Waals surface area contributed by atoms with E-state index in [1.54, 1.807) is 0 Å². The van der Waals surface area contributed by atoms with Gasteiger partial charge in [-0.25, -0.2) is 4.79 Å². The third kappa shape index (κ3) is 3.08. The molecule has 0 unspecified atom stereocenters. The predicted octanol–water partition coefficient (Wildman–Crippen LogP) is 2.20. The highest BCUT2D eigenvalue weighted by Crippen LogP contribution is 2.38. The van der Waals surface area contributed by atoms with Crippen molar-refractivity contribution >= 4 is 6.09 Å². The highest BCUT2D eigenvalue weighted by atomic mass is 19.4. The van der Waals surface area contributed by atoms with E-state index in [1.807, 2.05) is 0 Å². The first-order chi connectivity index (χ1) is 6.39. The van der Waals surface area contributed by atoms with Crippen LogP contribution in [0.15, 0.2) is 0 Å². The van der Waals surface area contributed by atoms with Crippen molar-refractivity contribution in [2.45, 2.75) is 38.0 Å². The molecule has 0 aliphatic heterocycles. The van der Waals surface area contributed by atoms with Crippen LogP contribution < -0.4 is 5.73 Å². The lowest BCUT2D eigenvalue weighted by Crippen LogP contribution is -2.32. The number of hydrogen-bond donors (Lipinski definition) is 1.